The molecule has 144 valence electrons. The van der Waals surface area contributed by atoms with Crippen LogP contribution in [0.3, 0.4) is 0 Å². The fraction of sp³-hybridized carbons (Fsp3) is 0.150. The molecule has 8 heteroatoms. The average molecular weight is 419 g/mol. The van der Waals surface area contributed by atoms with E-state index >= 15 is 0 Å². The second-order valence-corrected chi connectivity index (χ2v) is 9.46. The molecular formula is C20H15F2NO3S2. The number of amides is 1. The summed E-state index contributed by atoms with van der Waals surface area (Å²) >= 11 is 1.11. The highest BCUT2D eigenvalue weighted by atomic mass is 32.2. The Morgan fingerprint density at radius 1 is 1.14 bits per heavy atom. The Bertz CT molecular complexity index is 1200. The Kier molecular flexibility index (Phi) is 4.55. The van der Waals surface area contributed by atoms with Crippen molar-refractivity contribution in [3.8, 4) is 0 Å². The molecule has 0 spiro atoms. The SMILES string of the molecule is Cc1cccc(S(=O)(=O)c2csc3c2NC(=O)C[C@H]3c2cc(F)ccc2F)c1. The maximum atomic E-state index is 14.3. The van der Waals surface area contributed by atoms with Gasteiger partial charge in [-0.3, -0.25) is 4.79 Å². The van der Waals surface area contributed by atoms with E-state index in [-0.39, 0.29) is 27.5 Å². The van der Waals surface area contributed by atoms with E-state index in [1.807, 2.05) is 0 Å². The fourth-order valence-electron chi connectivity index (χ4n) is 3.34. The van der Waals surface area contributed by atoms with Crippen LogP contribution < -0.4 is 5.32 Å². The number of hydrogen-bond acceptors (Lipinski definition) is 4. The van der Waals surface area contributed by atoms with Crippen molar-refractivity contribution >= 4 is 32.8 Å². The van der Waals surface area contributed by atoms with E-state index in [2.05, 4.69) is 5.32 Å². The summed E-state index contributed by atoms with van der Waals surface area (Å²) in [6.07, 6.45) is -0.0855. The zero-order valence-electron chi connectivity index (χ0n) is 14.7. The van der Waals surface area contributed by atoms with E-state index < -0.39 is 33.3 Å². The lowest BCUT2D eigenvalue weighted by atomic mass is 9.90. The third-order valence-corrected chi connectivity index (χ3v) is 7.70. The molecule has 0 bridgehead atoms. The minimum absolute atomic E-state index is 0.0343. The highest BCUT2D eigenvalue weighted by Crippen LogP contribution is 2.46. The van der Waals surface area contributed by atoms with Gasteiger partial charge in [-0.05, 0) is 48.4 Å². The molecule has 1 atom stereocenters. The Labute approximate surface area is 164 Å². The maximum Gasteiger partial charge on any atom is 0.225 e. The van der Waals surface area contributed by atoms with Gasteiger partial charge < -0.3 is 5.32 Å². The number of nitrogens with one attached hydrogen (secondary N) is 1. The number of aryl methyl sites for hydroxylation is 1. The molecule has 1 aliphatic rings. The Morgan fingerprint density at radius 2 is 1.93 bits per heavy atom. The molecule has 0 radical (unpaired) electrons. The van der Waals surface area contributed by atoms with E-state index in [0.29, 0.717) is 4.88 Å². The molecule has 1 aromatic heterocycles. The molecule has 0 saturated carbocycles. The number of carbonyl (C=O) groups excluding carboxylic acids is 1. The van der Waals surface area contributed by atoms with Crippen LogP contribution in [-0.2, 0) is 14.6 Å². The first-order valence-corrected chi connectivity index (χ1v) is 10.8. The minimum atomic E-state index is -3.88. The molecule has 0 aliphatic carbocycles. The molecule has 0 saturated heterocycles. The van der Waals surface area contributed by atoms with Gasteiger partial charge in [0.15, 0.2) is 0 Å². The molecule has 2 aromatic carbocycles. The van der Waals surface area contributed by atoms with Crippen LogP contribution in [0.1, 0.15) is 28.3 Å². The summed E-state index contributed by atoms with van der Waals surface area (Å²) in [6, 6.07) is 9.53. The van der Waals surface area contributed by atoms with Gasteiger partial charge in [0.2, 0.25) is 15.7 Å². The predicted molar refractivity (Wildman–Crippen MR) is 102 cm³/mol. The van der Waals surface area contributed by atoms with Gasteiger partial charge >= 0.3 is 0 Å². The molecule has 1 N–H and O–H groups in total. The third kappa shape index (κ3) is 3.12. The van der Waals surface area contributed by atoms with Crippen LogP contribution in [0, 0.1) is 18.6 Å². The van der Waals surface area contributed by atoms with Crippen LogP contribution >= 0.6 is 11.3 Å². The second kappa shape index (κ2) is 6.79. The summed E-state index contributed by atoms with van der Waals surface area (Å²) in [5, 5.41) is 4.05. The van der Waals surface area contributed by atoms with Crippen LogP contribution in [0.5, 0.6) is 0 Å². The maximum absolute atomic E-state index is 14.3. The van der Waals surface area contributed by atoms with Gasteiger partial charge in [0.25, 0.3) is 0 Å². The minimum Gasteiger partial charge on any atom is -0.324 e. The number of carbonyl (C=O) groups is 1. The molecule has 1 aliphatic heterocycles. The third-order valence-electron chi connectivity index (χ3n) is 4.68. The molecule has 0 fully saturated rings. The first kappa shape index (κ1) is 18.8. The molecule has 4 rings (SSSR count). The van der Waals surface area contributed by atoms with Gasteiger partial charge in [0.1, 0.15) is 16.5 Å². The van der Waals surface area contributed by atoms with Crippen LogP contribution in [0.4, 0.5) is 14.5 Å². The smallest absolute Gasteiger partial charge is 0.225 e. The fourth-order valence-corrected chi connectivity index (χ4v) is 6.35. The normalized spacial score (nSPS) is 16.5. The lowest BCUT2D eigenvalue weighted by molar-refractivity contribution is -0.116. The van der Waals surface area contributed by atoms with Crippen molar-refractivity contribution in [1.82, 2.24) is 0 Å². The van der Waals surface area contributed by atoms with Crippen molar-refractivity contribution in [2.75, 3.05) is 5.32 Å². The van der Waals surface area contributed by atoms with Crippen molar-refractivity contribution in [2.24, 2.45) is 0 Å². The molecule has 3 aromatic rings. The number of sulfone groups is 1. The van der Waals surface area contributed by atoms with Crippen molar-refractivity contribution in [2.45, 2.75) is 29.1 Å². The highest BCUT2D eigenvalue weighted by molar-refractivity contribution is 7.91. The van der Waals surface area contributed by atoms with Crippen molar-refractivity contribution in [1.29, 1.82) is 0 Å². The number of thiophene rings is 1. The van der Waals surface area contributed by atoms with Gasteiger partial charge in [-0.2, -0.15) is 0 Å². The Balaban J connectivity index is 1.87. The number of benzene rings is 2. The molecule has 2 heterocycles. The van der Waals surface area contributed by atoms with Crippen LogP contribution in [0.15, 0.2) is 57.6 Å². The summed E-state index contributed by atoms with van der Waals surface area (Å²) in [5.41, 5.74) is 0.975. The summed E-state index contributed by atoms with van der Waals surface area (Å²) in [6.45, 7) is 1.78. The number of halogens is 2. The molecule has 28 heavy (non-hydrogen) atoms. The lowest BCUT2D eigenvalue weighted by Gasteiger charge is -2.24. The predicted octanol–water partition coefficient (Wildman–Crippen LogP) is 4.64. The van der Waals surface area contributed by atoms with Crippen LogP contribution in [0.25, 0.3) is 0 Å². The van der Waals surface area contributed by atoms with E-state index in [0.717, 1.165) is 35.1 Å². The van der Waals surface area contributed by atoms with Crippen molar-refractivity contribution < 1.29 is 22.0 Å². The van der Waals surface area contributed by atoms with Crippen molar-refractivity contribution in [3.05, 3.63) is 75.5 Å². The number of rotatable bonds is 3. The Hall–Kier alpha value is -2.58. The second-order valence-electron chi connectivity index (χ2n) is 6.63. The highest BCUT2D eigenvalue weighted by Gasteiger charge is 2.35. The molecule has 0 unspecified atom stereocenters. The first-order valence-electron chi connectivity index (χ1n) is 8.45. The monoisotopic (exact) mass is 419 g/mol. The number of hydrogen-bond donors (Lipinski definition) is 1. The zero-order valence-corrected chi connectivity index (χ0v) is 16.3. The van der Waals surface area contributed by atoms with Gasteiger partial charge in [0, 0.05) is 22.6 Å². The van der Waals surface area contributed by atoms with E-state index in [4.69, 9.17) is 0 Å². The molecule has 1 amide bonds. The zero-order chi connectivity index (χ0) is 20.1. The summed E-state index contributed by atoms with van der Waals surface area (Å²) in [5.74, 6) is -2.44. The molecule has 4 nitrogen and oxygen atoms in total. The number of fused-ring (bicyclic) bond motifs is 1. The first-order chi connectivity index (χ1) is 13.3. The lowest BCUT2D eigenvalue weighted by Crippen LogP contribution is -2.24. The summed E-state index contributed by atoms with van der Waals surface area (Å²) in [4.78, 5) is 12.8. The Morgan fingerprint density at radius 3 is 2.68 bits per heavy atom. The van der Waals surface area contributed by atoms with Crippen LogP contribution in [-0.4, -0.2) is 14.3 Å². The average Bonchev–Trinajstić information content (AvgIpc) is 3.07. The topological polar surface area (TPSA) is 63.2 Å². The standard InChI is InChI=1S/C20H15F2NO3S2/c1-11-3-2-4-13(7-11)28(25,26)17-10-27-20-15(9-18(24)23-19(17)20)14-8-12(21)5-6-16(14)22/h2-8,10,15H,9H2,1H3,(H,23,24)/t15-/m0/s1. The van der Waals surface area contributed by atoms with E-state index in [1.165, 1.54) is 11.4 Å². The van der Waals surface area contributed by atoms with Crippen molar-refractivity contribution in [3.63, 3.8) is 0 Å². The summed E-state index contributed by atoms with van der Waals surface area (Å²) < 4.78 is 54.2. The van der Waals surface area contributed by atoms with Gasteiger partial charge in [-0.25, -0.2) is 17.2 Å². The van der Waals surface area contributed by atoms with Crippen LogP contribution in [0.2, 0.25) is 0 Å². The quantitative estimate of drug-likeness (QED) is 0.673. The van der Waals surface area contributed by atoms with Gasteiger partial charge in [-0.15, -0.1) is 11.3 Å². The summed E-state index contributed by atoms with van der Waals surface area (Å²) in [7, 11) is -3.88. The molecular weight excluding hydrogens is 404 g/mol. The number of anilines is 1. The largest absolute Gasteiger partial charge is 0.324 e. The van der Waals surface area contributed by atoms with E-state index in [9.17, 15) is 22.0 Å². The van der Waals surface area contributed by atoms with Gasteiger partial charge in [-0.1, -0.05) is 12.1 Å². The van der Waals surface area contributed by atoms with Gasteiger partial charge in [0.05, 0.1) is 10.6 Å². The van der Waals surface area contributed by atoms with E-state index in [1.54, 1.807) is 25.1 Å².